The lowest BCUT2D eigenvalue weighted by molar-refractivity contribution is -0.118. The van der Waals surface area contributed by atoms with Crippen LogP contribution in [0.25, 0.3) is 0 Å². The first-order valence-electron chi connectivity index (χ1n) is 5.29. The third-order valence-corrected chi connectivity index (χ3v) is 2.49. The van der Waals surface area contributed by atoms with Gasteiger partial charge in [-0.05, 0) is 31.7 Å². The molecule has 1 rings (SSSR count). The molecule has 0 atom stereocenters. The third kappa shape index (κ3) is 3.50. The predicted octanol–water partition coefficient (Wildman–Crippen LogP) is 2.28. The third-order valence-electron chi connectivity index (χ3n) is 2.49. The van der Waals surface area contributed by atoms with E-state index in [1.807, 2.05) is 18.7 Å². The van der Waals surface area contributed by atoms with E-state index in [4.69, 9.17) is 0 Å². The van der Waals surface area contributed by atoms with Gasteiger partial charge < -0.3 is 4.79 Å². The second-order valence-electron chi connectivity index (χ2n) is 5.12. The largest absolute Gasteiger partial charge is 0.300 e. The van der Waals surface area contributed by atoms with Gasteiger partial charge in [0.25, 0.3) is 0 Å². The maximum atomic E-state index is 11.1. The average molecular weight is 208 g/mol. The minimum absolute atomic E-state index is 0.0199. The minimum atomic E-state index is 0.0199. The van der Waals surface area contributed by atoms with Crippen molar-refractivity contribution in [3.8, 4) is 0 Å². The number of carbonyl (C=O) groups excluding carboxylic acids is 1. The highest BCUT2D eigenvalue weighted by Crippen LogP contribution is 2.26. The summed E-state index contributed by atoms with van der Waals surface area (Å²) in [6, 6.07) is 2.09. The van der Waals surface area contributed by atoms with Crippen LogP contribution in [0.4, 0.5) is 0 Å². The molecule has 0 aliphatic heterocycles. The van der Waals surface area contributed by atoms with Crippen molar-refractivity contribution in [2.45, 2.75) is 40.5 Å². The number of ketones is 1. The molecule has 1 aromatic rings. The Kier molecular flexibility index (Phi) is 3.32. The Morgan fingerprint density at radius 3 is 2.53 bits per heavy atom. The number of aromatic nitrogens is 2. The molecule has 0 saturated carbocycles. The average Bonchev–Trinajstić information content (AvgIpc) is 2.25. The van der Waals surface area contributed by atoms with Crippen molar-refractivity contribution in [1.82, 2.24) is 9.78 Å². The van der Waals surface area contributed by atoms with E-state index >= 15 is 0 Å². The number of rotatable bonds is 4. The van der Waals surface area contributed by atoms with E-state index in [1.54, 1.807) is 6.92 Å². The molecular weight excluding hydrogens is 188 g/mol. The molecule has 0 fully saturated rings. The Hall–Kier alpha value is -1.12. The Labute approximate surface area is 91.5 Å². The normalized spacial score (nSPS) is 11.8. The number of carbonyl (C=O) groups is 1. The highest BCUT2D eigenvalue weighted by molar-refractivity contribution is 5.76. The van der Waals surface area contributed by atoms with E-state index < -0.39 is 0 Å². The van der Waals surface area contributed by atoms with E-state index in [1.165, 1.54) is 5.69 Å². The topological polar surface area (TPSA) is 34.9 Å². The van der Waals surface area contributed by atoms with Gasteiger partial charge in [-0.3, -0.25) is 4.68 Å². The van der Waals surface area contributed by atoms with Crippen molar-refractivity contribution >= 4 is 5.78 Å². The smallest absolute Gasteiger partial charge is 0.130 e. The van der Waals surface area contributed by atoms with Crippen LogP contribution in [0.3, 0.4) is 0 Å². The van der Waals surface area contributed by atoms with Crippen LogP contribution in [-0.2, 0) is 18.3 Å². The highest BCUT2D eigenvalue weighted by atomic mass is 16.1. The van der Waals surface area contributed by atoms with Gasteiger partial charge in [-0.1, -0.05) is 13.8 Å². The van der Waals surface area contributed by atoms with Crippen LogP contribution >= 0.6 is 0 Å². The van der Waals surface area contributed by atoms with Gasteiger partial charge in [0.15, 0.2) is 0 Å². The molecule has 0 N–H and O–H groups in total. The quantitative estimate of drug-likeness (QED) is 0.760. The molecule has 0 radical (unpaired) electrons. The van der Waals surface area contributed by atoms with Gasteiger partial charge >= 0.3 is 0 Å². The lowest BCUT2D eigenvalue weighted by Crippen LogP contribution is -2.20. The van der Waals surface area contributed by atoms with Crippen LogP contribution in [0.1, 0.15) is 38.6 Å². The molecule has 84 valence electrons. The van der Waals surface area contributed by atoms with E-state index in [9.17, 15) is 4.79 Å². The molecule has 0 aliphatic rings. The predicted molar refractivity (Wildman–Crippen MR) is 60.7 cm³/mol. The molecule has 0 aliphatic carbocycles. The molecule has 0 spiro atoms. The molecule has 15 heavy (non-hydrogen) atoms. The molecule has 0 aromatic carbocycles. The summed E-state index contributed by atoms with van der Waals surface area (Å²) >= 11 is 0. The zero-order valence-electron chi connectivity index (χ0n) is 10.3. The fourth-order valence-corrected chi connectivity index (χ4v) is 2.06. The van der Waals surface area contributed by atoms with Crippen molar-refractivity contribution in [3.05, 3.63) is 17.5 Å². The van der Waals surface area contributed by atoms with E-state index in [0.717, 1.165) is 12.1 Å². The van der Waals surface area contributed by atoms with Gasteiger partial charge in [0.2, 0.25) is 0 Å². The zero-order valence-corrected chi connectivity index (χ0v) is 10.3. The Morgan fingerprint density at radius 1 is 1.53 bits per heavy atom. The van der Waals surface area contributed by atoms with Crippen LogP contribution < -0.4 is 0 Å². The van der Waals surface area contributed by atoms with Gasteiger partial charge in [0.05, 0.1) is 5.69 Å². The molecular formula is C12H20N2O. The molecule has 1 aromatic heterocycles. The van der Waals surface area contributed by atoms with Gasteiger partial charge in [-0.25, -0.2) is 0 Å². The molecule has 0 amide bonds. The Balaban J connectivity index is 2.76. The van der Waals surface area contributed by atoms with Crippen LogP contribution in [0.5, 0.6) is 0 Å². The van der Waals surface area contributed by atoms with E-state index in [-0.39, 0.29) is 11.2 Å². The summed E-state index contributed by atoms with van der Waals surface area (Å²) < 4.78 is 1.90. The first-order chi connectivity index (χ1) is 6.80. The van der Waals surface area contributed by atoms with Crippen molar-refractivity contribution in [3.63, 3.8) is 0 Å². The van der Waals surface area contributed by atoms with Crippen LogP contribution in [-0.4, -0.2) is 15.6 Å². The van der Waals surface area contributed by atoms with Crippen molar-refractivity contribution in [1.29, 1.82) is 0 Å². The second kappa shape index (κ2) is 4.17. The zero-order chi connectivity index (χ0) is 11.6. The van der Waals surface area contributed by atoms with Crippen LogP contribution in [0.15, 0.2) is 6.07 Å². The van der Waals surface area contributed by atoms with Crippen LogP contribution in [0.2, 0.25) is 0 Å². The summed E-state index contributed by atoms with van der Waals surface area (Å²) in [6.07, 6.45) is 1.52. The molecule has 0 bridgehead atoms. The summed E-state index contributed by atoms with van der Waals surface area (Å²) in [5.74, 6) is 0.249. The Bertz CT molecular complexity index is 364. The molecule has 0 saturated heterocycles. The summed E-state index contributed by atoms with van der Waals surface area (Å²) in [5, 5.41) is 4.31. The first kappa shape index (κ1) is 12.0. The standard InChI is InChI=1S/C12H20N2O/c1-9-6-11(14(5)13-9)8-12(3,4)7-10(2)15/h6H,7-8H2,1-5H3. The summed E-state index contributed by atoms with van der Waals surface area (Å²) in [7, 11) is 1.95. The van der Waals surface area contributed by atoms with E-state index in [0.29, 0.717) is 6.42 Å². The lowest BCUT2D eigenvalue weighted by atomic mass is 9.83. The highest BCUT2D eigenvalue weighted by Gasteiger charge is 2.22. The Morgan fingerprint density at radius 2 is 2.13 bits per heavy atom. The number of nitrogens with zero attached hydrogens (tertiary/aromatic N) is 2. The minimum Gasteiger partial charge on any atom is -0.300 e. The fourth-order valence-electron chi connectivity index (χ4n) is 2.06. The van der Waals surface area contributed by atoms with Crippen molar-refractivity contribution < 1.29 is 4.79 Å². The van der Waals surface area contributed by atoms with Crippen molar-refractivity contribution in [2.75, 3.05) is 0 Å². The number of hydrogen-bond donors (Lipinski definition) is 0. The van der Waals surface area contributed by atoms with Gasteiger partial charge in [-0.2, -0.15) is 5.10 Å². The van der Waals surface area contributed by atoms with Gasteiger partial charge in [-0.15, -0.1) is 0 Å². The second-order valence-corrected chi connectivity index (χ2v) is 5.12. The maximum Gasteiger partial charge on any atom is 0.130 e. The SMILES string of the molecule is CC(=O)CC(C)(C)Cc1cc(C)nn1C. The number of Topliss-reactive ketones (excluding diaryl/α,β-unsaturated/α-hetero) is 1. The first-order valence-corrected chi connectivity index (χ1v) is 5.29. The number of aryl methyl sites for hydroxylation is 2. The van der Waals surface area contributed by atoms with Gasteiger partial charge in [0.1, 0.15) is 5.78 Å². The fraction of sp³-hybridized carbons (Fsp3) is 0.667. The van der Waals surface area contributed by atoms with E-state index in [2.05, 4.69) is 25.0 Å². The molecule has 0 unspecified atom stereocenters. The van der Waals surface area contributed by atoms with Crippen molar-refractivity contribution in [2.24, 2.45) is 12.5 Å². The van der Waals surface area contributed by atoms with Crippen LogP contribution in [0, 0.1) is 12.3 Å². The van der Waals surface area contributed by atoms with Gasteiger partial charge in [0, 0.05) is 19.2 Å². The monoisotopic (exact) mass is 208 g/mol. The maximum absolute atomic E-state index is 11.1. The molecule has 3 nitrogen and oxygen atoms in total. The number of hydrogen-bond acceptors (Lipinski definition) is 2. The lowest BCUT2D eigenvalue weighted by Gasteiger charge is -2.22. The summed E-state index contributed by atoms with van der Waals surface area (Å²) in [4.78, 5) is 11.1. The molecule has 3 heteroatoms. The summed E-state index contributed by atoms with van der Waals surface area (Å²) in [5.41, 5.74) is 2.25. The molecule has 1 heterocycles. The summed E-state index contributed by atoms with van der Waals surface area (Å²) in [6.45, 7) is 7.88.